The first-order valence-corrected chi connectivity index (χ1v) is 7.62. The van der Waals surface area contributed by atoms with Gasteiger partial charge in [-0.3, -0.25) is 20.4 Å². The van der Waals surface area contributed by atoms with Crippen LogP contribution in [0.2, 0.25) is 0 Å². The molecule has 1 aromatic heterocycles. The zero-order valence-electron chi connectivity index (χ0n) is 12.4. The van der Waals surface area contributed by atoms with E-state index < -0.39 is 11.8 Å². The fourth-order valence-electron chi connectivity index (χ4n) is 1.57. The lowest BCUT2D eigenvalue weighted by Crippen LogP contribution is -2.43. The molecule has 2 rings (SSSR count). The van der Waals surface area contributed by atoms with Crippen molar-refractivity contribution in [2.45, 2.75) is 0 Å². The average molecular weight is 332 g/mol. The summed E-state index contributed by atoms with van der Waals surface area (Å²) in [6, 6.07) is 10.6. The van der Waals surface area contributed by atoms with E-state index in [4.69, 9.17) is 9.47 Å². The zero-order chi connectivity index (χ0) is 16.5. The Bertz CT molecular complexity index is 666. The van der Waals surface area contributed by atoms with Crippen molar-refractivity contribution in [1.29, 1.82) is 0 Å². The van der Waals surface area contributed by atoms with Crippen LogP contribution < -0.4 is 20.3 Å². The summed E-state index contributed by atoms with van der Waals surface area (Å²) in [4.78, 5) is 24.1. The minimum atomic E-state index is -0.460. The Hall–Kier alpha value is -2.80. The molecule has 0 aliphatic carbocycles. The molecule has 1 aromatic carbocycles. The summed E-state index contributed by atoms with van der Waals surface area (Å²) < 4.78 is 10.3. The lowest BCUT2D eigenvalue weighted by molar-refractivity contribution is -0.128. The number of rotatable bonds is 6. The number of amides is 2. The van der Waals surface area contributed by atoms with E-state index in [2.05, 4.69) is 10.9 Å². The van der Waals surface area contributed by atoms with Gasteiger partial charge in [-0.1, -0.05) is 6.07 Å². The maximum atomic E-state index is 11.6. The topological polar surface area (TPSA) is 76.7 Å². The van der Waals surface area contributed by atoms with Crippen LogP contribution >= 0.6 is 11.3 Å². The van der Waals surface area contributed by atoms with Crippen LogP contribution in [0.15, 0.2) is 47.9 Å². The van der Waals surface area contributed by atoms with Crippen molar-refractivity contribution in [2.75, 3.05) is 13.7 Å². The smallest absolute Gasteiger partial charge is 0.276 e. The van der Waals surface area contributed by atoms with E-state index in [1.54, 1.807) is 37.5 Å². The van der Waals surface area contributed by atoms with Gasteiger partial charge < -0.3 is 9.47 Å². The first-order valence-electron chi connectivity index (χ1n) is 6.74. The highest BCUT2D eigenvalue weighted by atomic mass is 32.1. The molecule has 0 saturated heterocycles. The summed E-state index contributed by atoms with van der Waals surface area (Å²) in [5, 5.41) is 1.91. The molecular weight excluding hydrogens is 316 g/mol. The van der Waals surface area contributed by atoms with Crippen molar-refractivity contribution in [2.24, 2.45) is 0 Å². The molecule has 2 N–H and O–H groups in total. The van der Waals surface area contributed by atoms with Crippen molar-refractivity contribution >= 4 is 29.2 Å². The van der Waals surface area contributed by atoms with Gasteiger partial charge in [0.25, 0.3) is 11.8 Å². The molecule has 0 bridgehead atoms. The van der Waals surface area contributed by atoms with Crippen molar-refractivity contribution in [1.82, 2.24) is 10.9 Å². The molecule has 6 nitrogen and oxygen atoms in total. The van der Waals surface area contributed by atoms with Gasteiger partial charge in [0.05, 0.1) is 7.11 Å². The number of ether oxygens (including phenoxy) is 2. The Morgan fingerprint density at radius 3 is 2.52 bits per heavy atom. The normalized spacial score (nSPS) is 10.3. The number of thiophene rings is 1. The Balaban J connectivity index is 1.69. The number of nitrogens with one attached hydrogen (secondary N) is 2. The van der Waals surface area contributed by atoms with Gasteiger partial charge in [-0.2, -0.15) is 0 Å². The molecule has 0 fully saturated rings. The Kier molecular flexibility index (Phi) is 6.19. The molecule has 120 valence electrons. The molecule has 2 amide bonds. The number of hydrogen-bond acceptors (Lipinski definition) is 5. The molecule has 0 radical (unpaired) electrons. The van der Waals surface area contributed by atoms with E-state index in [1.807, 2.05) is 17.5 Å². The fraction of sp³-hybridized carbons (Fsp3) is 0.125. The van der Waals surface area contributed by atoms with Crippen LogP contribution in [0.1, 0.15) is 4.88 Å². The maximum Gasteiger partial charge on any atom is 0.276 e. The third-order valence-corrected chi connectivity index (χ3v) is 3.53. The molecule has 0 atom stereocenters. The van der Waals surface area contributed by atoms with Crippen molar-refractivity contribution in [3.05, 3.63) is 52.7 Å². The monoisotopic (exact) mass is 332 g/mol. The molecule has 1 heterocycles. The number of hydrogen-bond donors (Lipinski definition) is 2. The van der Waals surface area contributed by atoms with Crippen molar-refractivity contribution in [3.63, 3.8) is 0 Å². The third-order valence-electron chi connectivity index (χ3n) is 2.70. The van der Waals surface area contributed by atoms with Crippen LogP contribution in [0.4, 0.5) is 0 Å². The molecule has 0 aliphatic heterocycles. The van der Waals surface area contributed by atoms with Crippen molar-refractivity contribution in [3.8, 4) is 11.5 Å². The van der Waals surface area contributed by atoms with E-state index in [9.17, 15) is 9.59 Å². The SMILES string of the molecule is COc1ccc(OCC(=O)NNC(=O)/C=C/c2cccs2)cc1. The van der Waals surface area contributed by atoms with Gasteiger partial charge in [-0.25, -0.2) is 0 Å². The first kappa shape index (κ1) is 16.6. The summed E-state index contributed by atoms with van der Waals surface area (Å²) in [6.45, 7) is -0.207. The molecule has 2 aromatic rings. The van der Waals surface area contributed by atoms with E-state index in [0.717, 1.165) is 4.88 Å². The van der Waals surface area contributed by atoms with E-state index in [1.165, 1.54) is 17.4 Å². The van der Waals surface area contributed by atoms with Crippen LogP contribution in [-0.4, -0.2) is 25.5 Å². The molecule has 0 aliphatic rings. The highest BCUT2D eigenvalue weighted by molar-refractivity contribution is 7.10. The van der Waals surface area contributed by atoms with Crippen LogP contribution in [-0.2, 0) is 9.59 Å². The quantitative estimate of drug-likeness (QED) is 0.626. The Morgan fingerprint density at radius 1 is 1.13 bits per heavy atom. The molecule has 23 heavy (non-hydrogen) atoms. The van der Waals surface area contributed by atoms with Gasteiger partial charge in [0.15, 0.2) is 6.61 Å². The van der Waals surface area contributed by atoms with Crippen LogP contribution in [0.5, 0.6) is 11.5 Å². The maximum absolute atomic E-state index is 11.6. The van der Waals surface area contributed by atoms with Crippen LogP contribution in [0.25, 0.3) is 6.08 Å². The van der Waals surface area contributed by atoms with Gasteiger partial charge in [0.2, 0.25) is 0 Å². The van der Waals surface area contributed by atoms with Gasteiger partial charge >= 0.3 is 0 Å². The Labute approximate surface area is 137 Å². The minimum absolute atomic E-state index is 0.207. The molecule has 0 unspecified atom stereocenters. The molecule has 0 spiro atoms. The second-order valence-electron chi connectivity index (χ2n) is 4.35. The summed E-state index contributed by atoms with van der Waals surface area (Å²) in [5.74, 6) is 0.353. The highest BCUT2D eigenvalue weighted by Crippen LogP contribution is 2.16. The fourth-order valence-corrected chi connectivity index (χ4v) is 2.19. The van der Waals surface area contributed by atoms with E-state index in [-0.39, 0.29) is 6.61 Å². The second kappa shape index (κ2) is 8.60. The number of hydrazine groups is 1. The van der Waals surface area contributed by atoms with Crippen LogP contribution in [0.3, 0.4) is 0 Å². The van der Waals surface area contributed by atoms with Crippen LogP contribution in [0, 0.1) is 0 Å². The molecule has 0 saturated carbocycles. The van der Waals surface area contributed by atoms with E-state index in [0.29, 0.717) is 11.5 Å². The third kappa shape index (κ3) is 5.84. The highest BCUT2D eigenvalue weighted by Gasteiger charge is 2.04. The number of carbonyl (C=O) groups excluding carboxylic acids is 2. The van der Waals surface area contributed by atoms with E-state index >= 15 is 0 Å². The second-order valence-corrected chi connectivity index (χ2v) is 5.33. The largest absolute Gasteiger partial charge is 0.497 e. The summed E-state index contributed by atoms with van der Waals surface area (Å²) in [7, 11) is 1.57. The number of methoxy groups -OCH3 is 1. The summed E-state index contributed by atoms with van der Waals surface area (Å²) in [5.41, 5.74) is 4.55. The van der Waals surface area contributed by atoms with Gasteiger partial charge in [-0.05, 0) is 41.8 Å². The summed E-state index contributed by atoms with van der Waals surface area (Å²) >= 11 is 1.51. The lowest BCUT2D eigenvalue weighted by Gasteiger charge is -2.08. The summed E-state index contributed by atoms with van der Waals surface area (Å²) in [6.07, 6.45) is 3.01. The minimum Gasteiger partial charge on any atom is -0.497 e. The predicted molar refractivity (Wildman–Crippen MR) is 88.1 cm³/mol. The zero-order valence-corrected chi connectivity index (χ0v) is 13.3. The number of benzene rings is 1. The van der Waals surface area contributed by atoms with Crippen molar-refractivity contribution < 1.29 is 19.1 Å². The predicted octanol–water partition coefficient (Wildman–Crippen LogP) is 2.00. The Morgan fingerprint density at radius 2 is 1.87 bits per heavy atom. The first-order chi connectivity index (χ1) is 11.2. The van der Waals surface area contributed by atoms with Gasteiger partial charge in [0, 0.05) is 11.0 Å². The molecule has 7 heteroatoms. The standard InChI is InChI=1S/C16H16N2O4S/c1-21-12-4-6-13(7-5-12)22-11-16(20)18-17-15(19)9-8-14-3-2-10-23-14/h2-10H,11H2,1H3,(H,17,19)(H,18,20)/b9-8+. The average Bonchev–Trinajstić information content (AvgIpc) is 3.10. The molecular formula is C16H16N2O4S. The lowest BCUT2D eigenvalue weighted by atomic mass is 10.3. The van der Waals surface area contributed by atoms with Gasteiger partial charge in [0.1, 0.15) is 11.5 Å². The number of carbonyl (C=O) groups is 2. The van der Waals surface area contributed by atoms with Gasteiger partial charge in [-0.15, -0.1) is 11.3 Å².